The Morgan fingerprint density at radius 2 is 1.46 bits per heavy atom. The normalized spacial score (nSPS) is 16.9. The van der Waals surface area contributed by atoms with E-state index < -0.39 is 0 Å². The lowest BCUT2D eigenvalue weighted by Crippen LogP contribution is -2.34. The van der Waals surface area contributed by atoms with Gasteiger partial charge in [-0.25, -0.2) is 0 Å². The van der Waals surface area contributed by atoms with Gasteiger partial charge in [-0.1, -0.05) is 66.3 Å². The van der Waals surface area contributed by atoms with Crippen molar-refractivity contribution in [3.8, 4) is 0 Å². The minimum Gasteiger partial charge on any atom is -0.261 e. The van der Waals surface area contributed by atoms with Crippen LogP contribution in [0.15, 0.2) is 37.0 Å². The van der Waals surface area contributed by atoms with E-state index in [9.17, 15) is 0 Å². The van der Waals surface area contributed by atoms with Crippen molar-refractivity contribution in [2.75, 3.05) is 0 Å². The minimum atomic E-state index is 0.221. The monoisotopic (exact) mass is 349 g/mol. The van der Waals surface area contributed by atoms with Gasteiger partial charge in [0.25, 0.3) is 0 Å². The zero-order valence-electron chi connectivity index (χ0n) is 18.0. The molecule has 1 aliphatic rings. The van der Waals surface area contributed by atoms with Gasteiger partial charge in [0.15, 0.2) is 0 Å². The van der Waals surface area contributed by atoms with Gasteiger partial charge in [-0.05, 0) is 71.4 Å². The average Bonchev–Trinajstić information content (AvgIpc) is 2.61. The van der Waals surface area contributed by atoms with Gasteiger partial charge in [0.1, 0.15) is 0 Å². The number of pyridine rings is 1. The summed E-state index contributed by atoms with van der Waals surface area (Å²) < 4.78 is 0. The lowest BCUT2D eigenvalue weighted by molar-refractivity contribution is 0.331. The second kappa shape index (κ2) is 7.39. The first-order valence-corrected chi connectivity index (χ1v) is 9.90. The van der Waals surface area contributed by atoms with Gasteiger partial charge in [0.2, 0.25) is 0 Å². The zero-order valence-corrected chi connectivity index (χ0v) is 18.0. The van der Waals surface area contributed by atoms with E-state index in [1.54, 1.807) is 0 Å². The molecule has 2 aromatic rings. The maximum atomic E-state index is 4.43. The molecule has 0 radical (unpaired) electrons. The molecule has 0 saturated carbocycles. The summed E-state index contributed by atoms with van der Waals surface area (Å²) in [5, 5.41) is 0. The van der Waals surface area contributed by atoms with E-state index in [1.165, 1.54) is 35.1 Å². The van der Waals surface area contributed by atoms with Gasteiger partial charge in [-0.2, -0.15) is 0 Å². The number of fused-ring (bicyclic) bond motifs is 1. The Labute approximate surface area is 160 Å². The van der Waals surface area contributed by atoms with Crippen molar-refractivity contribution >= 4 is 5.57 Å². The van der Waals surface area contributed by atoms with Crippen LogP contribution in [0.5, 0.6) is 0 Å². The zero-order chi connectivity index (χ0) is 19.7. The van der Waals surface area contributed by atoms with E-state index in [2.05, 4.69) is 70.4 Å². The Hall–Kier alpha value is -1.89. The largest absolute Gasteiger partial charge is 0.261 e. The van der Waals surface area contributed by atoms with Crippen molar-refractivity contribution in [1.29, 1.82) is 0 Å². The van der Waals surface area contributed by atoms with Gasteiger partial charge >= 0.3 is 0 Å². The molecular weight excluding hydrogens is 314 g/mol. The second-order valence-electron chi connectivity index (χ2n) is 8.65. The Bertz CT molecular complexity index is 792. The van der Waals surface area contributed by atoms with E-state index in [1.807, 2.05) is 27.0 Å². The summed E-state index contributed by atoms with van der Waals surface area (Å²) in [7, 11) is 0. The molecule has 26 heavy (non-hydrogen) atoms. The maximum absolute atomic E-state index is 4.43. The molecule has 1 heteroatoms. The number of aryl methyl sites for hydroxylation is 2. The van der Waals surface area contributed by atoms with Crippen LogP contribution < -0.4 is 0 Å². The molecule has 0 saturated heterocycles. The highest BCUT2D eigenvalue weighted by atomic mass is 14.7. The van der Waals surface area contributed by atoms with E-state index in [-0.39, 0.29) is 10.8 Å². The molecule has 140 valence electrons. The van der Waals surface area contributed by atoms with Gasteiger partial charge in [-0.3, -0.25) is 4.98 Å². The van der Waals surface area contributed by atoms with Crippen LogP contribution in [0.1, 0.15) is 87.9 Å². The van der Waals surface area contributed by atoms with Gasteiger partial charge in [-0.15, -0.1) is 0 Å². The number of aromatic nitrogens is 1. The molecule has 1 aromatic carbocycles. The van der Waals surface area contributed by atoms with Crippen molar-refractivity contribution in [3.63, 3.8) is 0 Å². The fraction of sp³-hybridized carbons (Fsp3) is 0.480. The maximum Gasteiger partial charge on any atom is 0.0373 e. The molecule has 0 fully saturated rings. The summed E-state index contributed by atoms with van der Waals surface area (Å²) >= 11 is 0. The molecule has 3 rings (SSSR count). The average molecular weight is 350 g/mol. The van der Waals surface area contributed by atoms with Crippen molar-refractivity contribution < 1.29 is 0 Å². The Balaban J connectivity index is 0.00000117. The van der Waals surface area contributed by atoms with Crippen molar-refractivity contribution in [2.45, 2.75) is 79.1 Å². The smallest absolute Gasteiger partial charge is 0.0373 e. The van der Waals surface area contributed by atoms with E-state index in [0.29, 0.717) is 0 Å². The van der Waals surface area contributed by atoms with Crippen LogP contribution in [0.25, 0.3) is 5.57 Å². The summed E-state index contributed by atoms with van der Waals surface area (Å²) in [5.74, 6) is 0. The Kier molecular flexibility index (Phi) is 5.80. The molecule has 1 nitrogen and oxygen atoms in total. The lowest BCUT2D eigenvalue weighted by atomic mass is 9.62. The first-order valence-electron chi connectivity index (χ1n) is 9.90. The minimum absolute atomic E-state index is 0.221. The second-order valence-corrected chi connectivity index (χ2v) is 8.65. The molecule has 0 spiro atoms. The standard InChI is InChI=1S/C23H29N.C2H6/c1-15-12-20-21(23(6,7)11-10-22(20,4)5)13-19(15)17(3)18-9-8-16(2)24-14-18;1-2/h8-9,12-14H,3,10-11H2,1-2,4-7H3;1-2H3. The summed E-state index contributed by atoms with van der Waals surface area (Å²) in [6.45, 7) is 22.1. The molecule has 1 heterocycles. The molecule has 1 aliphatic carbocycles. The van der Waals surface area contributed by atoms with Gasteiger partial charge in [0, 0.05) is 17.5 Å². The number of nitrogens with zero attached hydrogens (tertiary/aromatic N) is 1. The summed E-state index contributed by atoms with van der Waals surface area (Å²) in [4.78, 5) is 4.43. The van der Waals surface area contributed by atoms with Crippen LogP contribution >= 0.6 is 0 Å². The molecule has 0 aliphatic heterocycles. The molecule has 0 unspecified atom stereocenters. The number of hydrogen-bond acceptors (Lipinski definition) is 1. The topological polar surface area (TPSA) is 12.9 Å². The first-order chi connectivity index (χ1) is 12.1. The van der Waals surface area contributed by atoms with Crippen molar-refractivity contribution in [2.24, 2.45) is 0 Å². The molecule has 0 bridgehead atoms. The van der Waals surface area contributed by atoms with Crippen LogP contribution in [0.4, 0.5) is 0 Å². The first kappa shape index (κ1) is 20.4. The number of rotatable bonds is 2. The third kappa shape index (κ3) is 3.77. The van der Waals surface area contributed by atoms with E-state index >= 15 is 0 Å². The SMILES string of the molecule is C=C(c1ccc(C)nc1)c1cc2c(cc1C)C(C)(C)CCC2(C)C.CC. The molecule has 0 atom stereocenters. The Morgan fingerprint density at radius 1 is 0.923 bits per heavy atom. The highest BCUT2D eigenvalue weighted by Crippen LogP contribution is 2.47. The summed E-state index contributed by atoms with van der Waals surface area (Å²) in [6.07, 6.45) is 4.41. The van der Waals surface area contributed by atoms with E-state index in [4.69, 9.17) is 0 Å². The predicted molar refractivity (Wildman–Crippen MR) is 115 cm³/mol. The third-order valence-electron chi connectivity index (χ3n) is 5.78. The summed E-state index contributed by atoms with van der Waals surface area (Å²) in [5.41, 5.74) is 9.25. The van der Waals surface area contributed by atoms with Gasteiger partial charge in [0.05, 0.1) is 0 Å². The van der Waals surface area contributed by atoms with E-state index in [0.717, 1.165) is 16.8 Å². The van der Waals surface area contributed by atoms with Crippen LogP contribution in [-0.2, 0) is 10.8 Å². The molecular formula is C25H35N. The van der Waals surface area contributed by atoms with Crippen LogP contribution in [-0.4, -0.2) is 4.98 Å². The highest BCUT2D eigenvalue weighted by Gasteiger charge is 2.37. The Morgan fingerprint density at radius 3 is 1.96 bits per heavy atom. The number of benzene rings is 1. The predicted octanol–water partition coefficient (Wildman–Crippen LogP) is 7.14. The van der Waals surface area contributed by atoms with Crippen LogP contribution in [0.2, 0.25) is 0 Å². The highest BCUT2D eigenvalue weighted by molar-refractivity contribution is 5.80. The molecule has 0 amide bonds. The molecule has 1 aromatic heterocycles. The summed E-state index contributed by atoms with van der Waals surface area (Å²) in [6, 6.07) is 8.98. The fourth-order valence-electron chi connectivity index (χ4n) is 3.85. The number of hydrogen-bond donors (Lipinski definition) is 0. The lowest BCUT2D eigenvalue weighted by Gasteiger charge is -2.42. The van der Waals surface area contributed by atoms with Gasteiger partial charge < -0.3 is 0 Å². The fourth-order valence-corrected chi connectivity index (χ4v) is 3.85. The quantitative estimate of drug-likeness (QED) is 0.561. The molecule has 0 N–H and O–H groups in total. The third-order valence-corrected chi connectivity index (χ3v) is 5.78. The van der Waals surface area contributed by atoms with Crippen molar-refractivity contribution in [1.82, 2.24) is 4.98 Å². The van der Waals surface area contributed by atoms with Crippen LogP contribution in [0.3, 0.4) is 0 Å². The van der Waals surface area contributed by atoms with Crippen LogP contribution in [0, 0.1) is 13.8 Å². The van der Waals surface area contributed by atoms with Crippen molar-refractivity contribution in [3.05, 3.63) is 70.6 Å².